The predicted molar refractivity (Wildman–Crippen MR) is 148 cm³/mol. The van der Waals surface area contributed by atoms with Crippen molar-refractivity contribution in [2.24, 2.45) is 5.92 Å². The van der Waals surface area contributed by atoms with Gasteiger partial charge >= 0.3 is 0 Å². The maximum Gasteiger partial charge on any atom is 0.243 e. The van der Waals surface area contributed by atoms with Gasteiger partial charge in [-0.25, -0.2) is 12.8 Å². The van der Waals surface area contributed by atoms with Gasteiger partial charge in [-0.3, -0.25) is 0 Å². The van der Waals surface area contributed by atoms with Gasteiger partial charge in [-0.15, -0.1) is 0 Å². The Kier molecular flexibility index (Phi) is 6.14. The summed E-state index contributed by atoms with van der Waals surface area (Å²) in [6, 6.07) is 32.1. The van der Waals surface area contributed by atoms with Crippen molar-refractivity contribution in [3.8, 4) is 0 Å². The van der Waals surface area contributed by atoms with Crippen LogP contribution in [-0.2, 0) is 15.4 Å². The van der Waals surface area contributed by atoms with Crippen molar-refractivity contribution in [1.82, 2.24) is 4.31 Å². The highest BCUT2D eigenvalue weighted by Gasteiger charge is 2.50. The topological polar surface area (TPSA) is 37.4 Å². The first-order valence-corrected chi connectivity index (χ1v) is 14.5. The van der Waals surface area contributed by atoms with Crippen LogP contribution in [0, 0.1) is 11.7 Å². The van der Waals surface area contributed by atoms with Crippen LogP contribution in [0.25, 0.3) is 5.57 Å². The van der Waals surface area contributed by atoms with E-state index in [9.17, 15) is 12.8 Å². The van der Waals surface area contributed by atoms with Crippen molar-refractivity contribution in [3.05, 3.63) is 142 Å². The fourth-order valence-electron chi connectivity index (χ4n) is 5.98. The molecule has 37 heavy (non-hydrogen) atoms. The zero-order valence-corrected chi connectivity index (χ0v) is 22.4. The van der Waals surface area contributed by atoms with Crippen LogP contribution in [0.5, 0.6) is 0 Å². The van der Waals surface area contributed by atoms with Crippen molar-refractivity contribution in [2.75, 3.05) is 13.1 Å². The van der Waals surface area contributed by atoms with Crippen molar-refractivity contribution in [2.45, 2.75) is 16.7 Å². The fraction of sp³-hybridized carbons (Fsp3) is 0.161. The van der Waals surface area contributed by atoms with Crippen molar-refractivity contribution >= 4 is 31.5 Å². The average Bonchev–Trinajstić information content (AvgIpc) is 2.93. The SMILES string of the molecule is O=S(=O)(c1ccc(Br)cc1)N1CC[C@]2(c3ccc(F)cc3)c3ccccc3C(c3ccccc3)=C[C@@H]2C1. The van der Waals surface area contributed by atoms with Crippen LogP contribution in [-0.4, -0.2) is 25.8 Å². The third-order valence-corrected chi connectivity index (χ3v) is 10.2. The summed E-state index contributed by atoms with van der Waals surface area (Å²) >= 11 is 3.39. The number of rotatable bonds is 4. The molecule has 2 atom stereocenters. The van der Waals surface area contributed by atoms with Crippen LogP contribution < -0.4 is 0 Å². The first-order valence-electron chi connectivity index (χ1n) is 12.3. The molecule has 2 aliphatic rings. The van der Waals surface area contributed by atoms with E-state index in [0.717, 1.165) is 32.3 Å². The van der Waals surface area contributed by atoms with Crippen molar-refractivity contribution < 1.29 is 12.8 Å². The summed E-state index contributed by atoms with van der Waals surface area (Å²) in [5.74, 6) is -0.418. The smallest absolute Gasteiger partial charge is 0.207 e. The van der Waals surface area contributed by atoms with Gasteiger partial charge in [0, 0.05) is 28.9 Å². The normalized spacial score (nSPS) is 21.6. The molecule has 0 spiro atoms. The fourth-order valence-corrected chi connectivity index (χ4v) is 7.72. The first-order chi connectivity index (χ1) is 17.9. The monoisotopic (exact) mass is 573 g/mol. The standard InChI is InChI=1S/C31H25BrFNO2S/c32-25-12-16-27(17-13-25)37(35,36)34-19-18-31(23-10-14-26(33)15-11-23)24(21-34)20-29(22-6-2-1-3-7-22)28-8-4-5-9-30(28)31/h1-17,20,24H,18-19,21H2/t24-,31-/m1/s1. The lowest BCUT2D eigenvalue weighted by Gasteiger charge is -2.50. The minimum atomic E-state index is -3.68. The van der Waals surface area contributed by atoms with Crippen LogP contribution >= 0.6 is 15.9 Å². The molecule has 1 fully saturated rings. The Morgan fingerprint density at radius 1 is 0.838 bits per heavy atom. The number of nitrogens with zero attached hydrogens (tertiary/aromatic N) is 1. The first kappa shape index (κ1) is 24.3. The second-order valence-corrected chi connectivity index (χ2v) is 12.5. The van der Waals surface area contributed by atoms with Gasteiger partial charge in [0.1, 0.15) is 5.82 Å². The molecule has 4 aromatic rings. The quantitative estimate of drug-likeness (QED) is 0.263. The number of benzene rings is 4. The van der Waals surface area contributed by atoms with E-state index in [1.165, 1.54) is 12.1 Å². The molecule has 0 aromatic heterocycles. The zero-order valence-electron chi connectivity index (χ0n) is 20.0. The van der Waals surface area contributed by atoms with Gasteiger partial charge in [-0.2, -0.15) is 4.31 Å². The Labute approximate surface area is 225 Å². The molecule has 0 N–H and O–H groups in total. The molecular weight excluding hydrogens is 549 g/mol. The molecule has 0 saturated carbocycles. The highest BCUT2D eigenvalue weighted by molar-refractivity contribution is 9.10. The minimum Gasteiger partial charge on any atom is -0.207 e. The number of fused-ring (bicyclic) bond motifs is 3. The molecule has 1 aliphatic carbocycles. The summed E-state index contributed by atoms with van der Waals surface area (Å²) in [4.78, 5) is 0.286. The number of hydrogen-bond acceptors (Lipinski definition) is 2. The number of sulfonamides is 1. The second-order valence-electron chi connectivity index (χ2n) is 9.64. The van der Waals surface area contributed by atoms with E-state index in [-0.39, 0.29) is 16.6 Å². The molecule has 6 heteroatoms. The molecule has 3 nitrogen and oxygen atoms in total. The van der Waals surface area contributed by atoms with Gasteiger partial charge in [0.2, 0.25) is 10.0 Å². The second kappa shape index (κ2) is 9.35. The molecule has 0 bridgehead atoms. The lowest BCUT2D eigenvalue weighted by atomic mass is 9.57. The lowest BCUT2D eigenvalue weighted by molar-refractivity contribution is 0.208. The van der Waals surface area contributed by atoms with Gasteiger partial charge in [0.15, 0.2) is 0 Å². The average molecular weight is 575 g/mol. The van der Waals surface area contributed by atoms with E-state index in [1.807, 2.05) is 42.5 Å². The Hall–Kier alpha value is -3.06. The Balaban J connectivity index is 1.52. The van der Waals surface area contributed by atoms with Gasteiger partial charge in [0.25, 0.3) is 0 Å². The maximum absolute atomic E-state index is 14.0. The van der Waals surface area contributed by atoms with E-state index < -0.39 is 15.4 Å². The van der Waals surface area contributed by atoms with Gasteiger partial charge in [-0.1, -0.05) is 88.7 Å². The zero-order chi connectivity index (χ0) is 25.6. The molecule has 0 unspecified atom stereocenters. The molecular formula is C31H25BrFNO2S. The van der Waals surface area contributed by atoms with Crippen LogP contribution in [0.2, 0.25) is 0 Å². The summed E-state index contributed by atoms with van der Waals surface area (Å²) in [5, 5.41) is 0. The minimum absolute atomic E-state index is 0.137. The Bertz CT molecular complexity index is 1580. The Morgan fingerprint density at radius 2 is 1.51 bits per heavy atom. The Morgan fingerprint density at radius 3 is 2.24 bits per heavy atom. The van der Waals surface area contributed by atoms with Gasteiger partial charge in [-0.05, 0) is 70.6 Å². The van der Waals surface area contributed by atoms with E-state index in [2.05, 4.69) is 46.3 Å². The highest BCUT2D eigenvalue weighted by atomic mass is 79.9. The number of halogens is 2. The lowest BCUT2D eigenvalue weighted by Crippen LogP contribution is -2.53. The van der Waals surface area contributed by atoms with E-state index >= 15 is 0 Å². The molecule has 4 aromatic carbocycles. The van der Waals surface area contributed by atoms with Gasteiger partial charge in [0.05, 0.1) is 4.90 Å². The third-order valence-electron chi connectivity index (χ3n) is 7.75. The summed E-state index contributed by atoms with van der Waals surface area (Å²) in [5.41, 5.74) is 5.04. The van der Waals surface area contributed by atoms with Crippen molar-refractivity contribution in [1.29, 1.82) is 0 Å². The van der Waals surface area contributed by atoms with Crippen molar-refractivity contribution in [3.63, 3.8) is 0 Å². The summed E-state index contributed by atoms with van der Waals surface area (Å²) in [6.07, 6.45) is 2.83. The van der Waals surface area contributed by atoms with Crippen LogP contribution in [0.3, 0.4) is 0 Å². The van der Waals surface area contributed by atoms with Gasteiger partial charge < -0.3 is 0 Å². The van der Waals surface area contributed by atoms with Crippen LogP contribution in [0.4, 0.5) is 4.39 Å². The molecule has 1 saturated heterocycles. The summed E-state index contributed by atoms with van der Waals surface area (Å²) < 4.78 is 43.8. The molecule has 186 valence electrons. The molecule has 0 amide bonds. The summed E-state index contributed by atoms with van der Waals surface area (Å²) in [6.45, 7) is 0.704. The highest BCUT2D eigenvalue weighted by Crippen LogP contribution is 2.53. The number of hydrogen-bond donors (Lipinski definition) is 0. The maximum atomic E-state index is 14.0. The van der Waals surface area contributed by atoms with E-state index in [1.54, 1.807) is 28.6 Å². The third kappa shape index (κ3) is 4.08. The number of piperidine rings is 1. The molecule has 0 radical (unpaired) electrons. The van der Waals surface area contributed by atoms with Crippen LogP contribution in [0.1, 0.15) is 28.7 Å². The van der Waals surface area contributed by atoms with Crippen LogP contribution in [0.15, 0.2) is 119 Å². The van der Waals surface area contributed by atoms with E-state index in [0.29, 0.717) is 19.5 Å². The predicted octanol–water partition coefficient (Wildman–Crippen LogP) is 7.03. The molecule has 1 heterocycles. The largest absolute Gasteiger partial charge is 0.243 e. The molecule has 1 aliphatic heterocycles. The molecule has 6 rings (SSSR count). The van der Waals surface area contributed by atoms with E-state index in [4.69, 9.17) is 0 Å². The summed E-state index contributed by atoms with van der Waals surface area (Å²) in [7, 11) is -3.68.